The molecule has 2 aliphatic heterocycles. The summed E-state index contributed by atoms with van der Waals surface area (Å²) in [6.07, 6.45) is 6.11. The van der Waals surface area contributed by atoms with Crippen molar-refractivity contribution in [3.63, 3.8) is 0 Å². The third-order valence-electron chi connectivity index (χ3n) is 7.27. The lowest BCUT2D eigenvalue weighted by Gasteiger charge is -2.32. The van der Waals surface area contributed by atoms with E-state index < -0.39 is 34.5 Å². The third kappa shape index (κ3) is 5.54. The molecule has 4 aromatic heterocycles. The molecule has 5 aromatic rings. The molecule has 2 atom stereocenters. The number of nitrogens with zero attached hydrogens (tertiary/aromatic N) is 8. The van der Waals surface area contributed by atoms with Gasteiger partial charge in [-0.15, -0.1) is 11.3 Å². The maximum Gasteiger partial charge on any atom is 0.333 e. The first kappa shape index (κ1) is 29.3. The number of alkyl halides is 2. The van der Waals surface area contributed by atoms with Crippen LogP contribution < -0.4 is 4.72 Å². The number of pyridine rings is 1. The average molecular weight is 672 g/mol. The summed E-state index contributed by atoms with van der Waals surface area (Å²) in [5, 5.41) is 10.4. The average Bonchev–Trinajstić information content (AvgIpc) is 3.84. The largest absolute Gasteiger partial charge is 0.333 e. The Hall–Kier alpha value is -4.38. The van der Waals surface area contributed by atoms with Gasteiger partial charge in [0.2, 0.25) is 0 Å². The van der Waals surface area contributed by atoms with Gasteiger partial charge in [-0.2, -0.15) is 19.0 Å². The van der Waals surface area contributed by atoms with Crippen molar-refractivity contribution in [3.8, 4) is 5.82 Å². The van der Waals surface area contributed by atoms with E-state index in [0.717, 1.165) is 12.3 Å². The number of hydrogen-bond acceptors (Lipinski definition) is 9. The number of hydrogen-bond donors (Lipinski definition) is 1. The molecule has 0 radical (unpaired) electrons. The highest BCUT2D eigenvalue weighted by Gasteiger charge is 2.42. The Morgan fingerprint density at radius 2 is 1.96 bits per heavy atom. The van der Waals surface area contributed by atoms with Crippen molar-refractivity contribution in [3.05, 3.63) is 112 Å². The summed E-state index contributed by atoms with van der Waals surface area (Å²) in [7, 11) is -4.12. The van der Waals surface area contributed by atoms with Gasteiger partial charge in [0.05, 0.1) is 5.69 Å². The van der Waals surface area contributed by atoms with E-state index in [1.807, 2.05) is 4.90 Å². The summed E-state index contributed by atoms with van der Waals surface area (Å²) < 4.78 is 73.2. The van der Waals surface area contributed by atoms with Gasteiger partial charge in [0.15, 0.2) is 21.7 Å². The fraction of sp³-hybridized carbons (Fsp3) is 0.179. The summed E-state index contributed by atoms with van der Waals surface area (Å²) in [4.78, 5) is 15.5. The molecule has 0 amide bonds. The Labute approximate surface area is 263 Å². The summed E-state index contributed by atoms with van der Waals surface area (Å²) in [6, 6.07) is 10.0. The predicted octanol–water partition coefficient (Wildman–Crippen LogP) is 5.07. The van der Waals surface area contributed by atoms with Crippen LogP contribution in [0.3, 0.4) is 0 Å². The highest BCUT2D eigenvalue weighted by molar-refractivity contribution is 7.89. The van der Waals surface area contributed by atoms with Crippen LogP contribution in [-0.2, 0) is 10.0 Å². The normalized spacial score (nSPS) is 18.5. The number of amidine groups is 1. The number of benzene rings is 1. The van der Waals surface area contributed by atoms with Gasteiger partial charge in [-0.05, 0) is 36.4 Å². The molecule has 0 saturated carbocycles. The highest BCUT2D eigenvalue weighted by Crippen LogP contribution is 2.46. The fourth-order valence-electron chi connectivity index (χ4n) is 5.40. The van der Waals surface area contributed by atoms with E-state index in [0.29, 0.717) is 38.2 Å². The number of thiazole rings is 1. The highest BCUT2D eigenvalue weighted by atomic mass is 35.5. The molecule has 17 heteroatoms. The first-order chi connectivity index (χ1) is 21.7. The standard InChI is InChI=1S/C28H21ClF3N9O2S2/c29-19-13-16(30)5-6-18(19)25-24(20-7-11-41(37-20)28(31)32)21-14-17(15-39(21)26(36-25)27-33-9-12-44-27)38-45(42,43)23-4-1-3-22(35-23)40-10-2-8-34-40/h1-13,17,25,28,38H,14-15H2/t17-,25-/m0/s1. The number of aliphatic imine (C=N–C) groups is 1. The van der Waals surface area contributed by atoms with Crippen LogP contribution in [0.15, 0.2) is 94.4 Å². The molecule has 7 rings (SSSR count). The topological polar surface area (TPSA) is 123 Å². The molecule has 11 nitrogen and oxygen atoms in total. The van der Waals surface area contributed by atoms with Crippen LogP contribution in [0.5, 0.6) is 0 Å². The van der Waals surface area contributed by atoms with Crippen LogP contribution in [0, 0.1) is 5.82 Å². The van der Waals surface area contributed by atoms with E-state index in [9.17, 15) is 21.6 Å². The molecule has 2 aliphatic rings. The first-order valence-corrected chi connectivity index (χ1v) is 16.2. The quantitative estimate of drug-likeness (QED) is 0.244. The number of rotatable bonds is 8. The Morgan fingerprint density at radius 1 is 1.09 bits per heavy atom. The molecule has 0 unspecified atom stereocenters. The second-order valence-corrected chi connectivity index (χ2v) is 13.1. The number of nitrogens with one attached hydrogen (secondary N) is 1. The Bertz CT molecular complexity index is 2050. The molecular formula is C28H21ClF3N9O2S2. The van der Waals surface area contributed by atoms with Crippen LogP contribution >= 0.6 is 22.9 Å². The molecule has 0 spiro atoms. The van der Waals surface area contributed by atoms with Gasteiger partial charge >= 0.3 is 6.55 Å². The van der Waals surface area contributed by atoms with Crippen LogP contribution in [0.2, 0.25) is 5.02 Å². The van der Waals surface area contributed by atoms with Crippen molar-refractivity contribution in [2.75, 3.05) is 6.54 Å². The molecular weight excluding hydrogens is 651 g/mol. The zero-order valence-electron chi connectivity index (χ0n) is 22.9. The minimum Gasteiger partial charge on any atom is -0.326 e. The minimum atomic E-state index is -4.12. The van der Waals surface area contributed by atoms with Gasteiger partial charge in [-0.1, -0.05) is 23.7 Å². The van der Waals surface area contributed by atoms with Gasteiger partial charge in [-0.25, -0.2) is 36.9 Å². The molecule has 1 saturated heterocycles. The Kier molecular flexibility index (Phi) is 7.51. The second kappa shape index (κ2) is 11.5. The van der Waals surface area contributed by atoms with Crippen LogP contribution in [0.1, 0.15) is 35.3 Å². The van der Waals surface area contributed by atoms with Crippen LogP contribution in [0.25, 0.3) is 11.4 Å². The maximum absolute atomic E-state index is 14.1. The smallest absolute Gasteiger partial charge is 0.326 e. The summed E-state index contributed by atoms with van der Waals surface area (Å²) in [5.41, 5.74) is 1.64. The second-order valence-electron chi connectivity index (χ2n) is 10.1. The summed E-state index contributed by atoms with van der Waals surface area (Å²) in [5.74, 6) is 0.202. The zero-order chi connectivity index (χ0) is 31.3. The Morgan fingerprint density at radius 3 is 2.67 bits per heavy atom. The van der Waals surface area contributed by atoms with Gasteiger partial charge in [0, 0.05) is 71.0 Å². The first-order valence-electron chi connectivity index (χ1n) is 13.4. The fourth-order valence-corrected chi connectivity index (χ4v) is 7.50. The number of halogens is 4. The van der Waals surface area contributed by atoms with Gasteiger partial charge in [0.25, 0.3) is 10.0 Å². The molecule has 0 bridgehead atoms. The van der Waals surface area contributed by atoms with E-state index in [1.54, 1.807) is 42.2 Å². The number of sulfonamides is 1. The molecule has 6 heterocycles. The van der Waals surface area contributed by atoms with Crippen molar-refractivity contribution < 1.29 is 21.6 Å². The van der Waals surface area contributed by atoms with Gasteiger partial charge in [-0.3, -0.25) is 4.99 Å². The molecule has 230 valence electrons. The Balaban J connectivity index is 1.32. The molecule has 1 N–H and O–H groups in total. The molecule has 45 heavy (non-hydrogen) atoms. The zero-order valence-corrected chi connectivity index (χ0v) is 25.3. The molecule has 0 aliphatic carbocycles. The lowest BCUT2D eigenvalue weighted by Crippen LogP contribution is -2.39. The lowest BCUT2D eigenvalue weighted by molar-refractivity contribution is 0.0564. The van der Waals surface area contributed by atoms with Crippen molar-refractivity contribution in [1.29, 1.82) is 0 Å². The van der Waals surface area contributed by atoms with E-state index in [1.165, 1.54) is 40.3 Å². The van der Waals surface area contributed by atoms with Gasteiger partial charge < -0.3 is 4.90 Å². The van der Waals surface area contributed by atoms with Crippen LogP contribution in [0.4, 0.5) is 13.2 Å². The lowest BCUT2D eigenvalue weighted by atomic mass is 9.92. The predicted molar refractivity (Wildman–Crippen MR) is 160 cm³/mol. The van der Waals surface area contributed by atoms with E-state index in [4.69, 9.17) is 16.6 Å². The number of fused-ring (bicyclic) bond motifs is 1. The third-order valence-corrected chi connectivity index (χ3v) is 9.79. The van der Waals surface area contributed by atoms with E-state index >= 15 is 0 Å². The van der Waals surface area contributed by atoms with E-state index in [2.05, 4.69) is 24.9 Å². The maximum atomic E-state index is 14.1. The molecule has 1 fully saturated rings. The minimum absolute atomic E-state index is 0.0838. The van der Waals surface area contributed by atoms with Crippen molar-refractivity contribution in [2.24, 2.45) is 4.99 Å². The van der Waals surface area contributed by atoms with Crippen molar-refractivity contribution in [1.82, 2.24) is 39.2 Å². The van der Waals surface area contributed by atoms with Crippen molar-refractivity contribution in [2.45, 2.75) is 30.1 Å². The molecule has 1 aromatic carbocycles. The monoisotopic (exact) mass is 671 g/mol. The van der Waals surface area contributed by atoms with Crippen molar-refractivity contribution >= 4 is 44.4 Å². The van der Waals surface area contributed by atoms with Gasteiger partial charge in [0.1, 0.15) is 11.9 Å². The SMILES string of the molecule is O=S(=O)(N[C@H]1CC2=C(c3ccn(C(F)F)n3)[C@H](c3ccc(F)cc3Cl)N=C(c3nccs3)N2C1)c1cccc(-n2cccn2)n1. The number of aromatic nitrogens is 6. The summed E-state index contributed by atoms with van der Waals surface area (Å²) in [6.45, 7) is -2.74. The van der Waals surface area contributed by atoms with Crippen LogP contribution in [-0.4, -0.2) is 61.3 Å². The van der Waals surface area contributed by atoms with E-state index in [-0.39, 0.29) is 28.7 Å². The summed E-state index contributed by atoms with van der Waals surface area (Å²) >= 11 is 7.84.